The monoisotopic (exact) mass is 365 g/mol. The van der Waals surface area contributed by atoms with E-state index in [1.165, 1.54) is 6.92 Å². The average molecular weight is 365 g/mol. The van der Waals surface area contributed by atoms with E-state index < -0.39 is 53.1 Å². The van der Waals surface area contributed by atoms with Crippen molar-refractivity contribution in [2.75, 3.05) is 0 Å². The van der Waals surface area contributed by atoms with E-state index >= 15 is 0 Å². The molecule has 1 aliphatic rings. The first kappa shape index (κ1) is 19.1. The van der Waals surface area contributed by atoms with Gasteiger partial charge in [0.1, 0.15) is 11.6 Å². The molecular formula is C15H16F5N3O2. The van der Waals surface area contributed by atoms with Crippen LogP contribution in [0.15, 0.2) is 12.1 Å². The molecule has 1 fully saturated rings. The lowest BCUT2D eigenvalue weighted by atomic mass is 10.0. The highest BCUT2D eigenvalue weighted by Gasteiger charge is 2.36. The van der Waals surface area contributed by atoms with Crippen LogP contribution in [0, 0.1) is 11.6 Å². The van der Waals surface area contributed by atoms with Crippen molar-refractivity contribution in [3.8, 4) is 0 Å². The van der Waals surface area contributed by atoms with Gasteiger partial charge in [-0.15, -0.1) is 0 Å². The topological polar surface area (TPSA) is 70.2 Å². The largest absolute Gasteiger partial charge is 0.419 e. The van der Waals surface area contributed by atoms with Gasteiger partial charge >= 0.3 is 6.18 Å². The summed E-state index contributed by atoms with van der Waals surface area (Å²) in [5.74, 6) is -3.92. The van der Waals surface area contributed by atoms with Gasteiger partial charge in [0.15, 0.2) is 0 Å². The van der Waals surface area contributed by atoms with Crippen molar-refractivity contribution in [1.82, 2.24) is 16.0 Å². The first-order valence-electron chi connectivity index (χ1n) is 7.41. The molecule has 0 aliphatic carbocycles. The highest BCUT2D eigenvalue weighted by molar-refractivity contribution is 5.89. The molecule has 3 N–H and O–H groups in total. The van der Waals surface area contributed by atoms with Crippen LogP contribution in [0.2, 0.25) is 0 Å². The second kappa shape index (κ2) is 6.95. The fraction of sp³-hybridized carbons (Fsp3) is 0.467. The number of amides is 2. The van der Waals surface area contributed by atoms with Crippen LogP contribution in [0.25, 0.3) is 0 Å². The maximum atomic E-state index is 13.9. The predicted octanol–water partition coefficient (Wildman–Crippen LogP) is 1.98. The lowest BCUT2D eigenvalue weighted by molar-refractivity contribution is -0.140. The van der Waals surface area contributed by atoms with Gasteiger partial charge in [-0.05, 0) is 26.0 Å². The number of rotatable bonds is 3. The van der Waals surface area contributed by atoms with Crippen molar-refractivity contribution in [2.45, 2.75) is 44.7 Å². The number of carbonyl (C=O) groups excluding carboxylic acids is 2. The molecule has 1 aromatic rings. The normalized spacial score (nSPS) is 22.3. The summed E-state index contributed by atoms with van der Waals surface area (Å²) in [6.07, 6.45) is -5.62. The van der Waals surface area contributed by atoms with Crippen molar-refractivity contribution in [2.24, 2.45) is 0 Å². The van der Waals surface area contributed by atoms with Crippen molar-refractivity contribution in [3.05, 3.63) is 34.9 Å². The SMILES string of the molecule is CC1NC(=O)CC(C(=O)N[C@H](C)c2cc(F)c(C(F)(F)F)cc2F)N1. The molecule has 0 aromatic heterocycles. The lowest BCUT2D eigenvalue weighted by Crippen LogP contribution is -2.59. The molecule has 1 aliphatic heterocycles. The second-order valence-electron chi connectivity index (χ2n) is 5.79. The second-order valence-corrected chi connectivity index (χ2v) is 5.79. The van der Waals surface area contributed by atoms with Crippen LogP contribution in [-0.4, -0.2) is 24.0 Å². The van der Waals surface area contributed by atoms with Crippen LogP contribution >= 0.6 is 0 Å². The van der Waals surface area contributed by atoms with E-state index in [2.05, 4.69) is 16.0 Å². The molecule has 10 heteroatoms. The number of hydrogen-bond acceptors (Lipinski definition) is 3. The smallest absolute Gasteiger partial charge is 0.348 e. The third-order valence-electron chi connectivity index (χ3n) is 3.75. The number of alkyl halides is 3. The van der Waals surface area contributed by atoms with E-state index in [0.29, 0.717) is 6.07 Å². The summed E-state index contributed by atoms with van der Waals surface area (Å²) in [5, 5.41) is 7.70. The summed E-state index contributed by atoms with van der Waals surface area (Å²) in [6, 6.07) is -1.51. The molecule has 2 rings (SSSR count). The lowest BCUT2D eigenvalue weighted by Gasteiger charge is -2.29. The van der Waals surface area contributed by atoms with Gasteiger partial charge in [-0.3, -0.25) is 14.9 Å². The predicted molar refractivity (Wildman–Crippen MR) is 77.1 cm³/mol. The molecule has 25 heavy (non-hydrogen) atoms. The first-order valence-corrected chi connectivity index (χ1v) is 7.41. The maximum absolute atomic E-state index is 13.9. The molecule has 2 amide bonds. The molecule has 1 saturated heterocycles. The fourth-order valence-corrected chi connectivity index (χ4v) is 2.56. The quantitative estimate of drug-likeness (QED) is 0.718. The van der Waals surface area contributed by atoms with E-state index in [-0.39, 0.29) is 18.4 Å². The van der Waals surface area contributed by atoms with Gasteiger partial charge in [-0.1, -0.05) is 0 Å². The van der Waals surface area contributed by atoms with Gasteiger partial charge in [0.2, 0.25) is 11.8 Å². The standard InChI is InChI=1S/C15H16F5N3O2/c1-6(21-14(25)12-5-13(24)23-7(2)22-12)8-3-11(17)9(4-10(8)16)15(18,19)20/h3-4,6-7,12,22H,5H2,1-2H3,(H,21,25)(H,23,24)/t6-,7?,12?/m1/s1. The molecule has 0 radical (unpaired) electrons. The van der Waals surface area contributed by atoms with Crippen molar-refractivity contribution in [1.29, 1.82) is 0 Å². The molecule has 0 spiro atoms. The molecule has 1 aromatic carbocycles. The van der Waals surface area contributed by atoms with E-state index in [0.717, 1.165) is 0 Å². The third-order valence-corrected chi connectivity index (χ3v) is 3.75. The minimum Gasteiger partial charge on any atom is -0.348 e. The van der Waals surface area contributed by atoms with Gasteiger partial charge < -0.3 is 10.6 Å². The minimum atomic E-state index is -5.02. The zero-order valence-corrected chi connectivity index (χ0v) is 13.3. The summed E-state index contributed by atoms with van der Waals surface area (Å²) >= 11 is 0. The molecule has 1 heterocycles. The van der Waals surface area contributed by atoms with E-state index in [4.69, 9.17) is 0 Å². The molecule has 0 saturated carbocycles. The highest BCUT2D eigenvalue weighted by Crippen LogP contribution is 2.33. The number of hydrogen-bond donors (Lipinski definition) is 3. The number of carbonyl (C=O) groups is 2. The number of nitrogens with one attached hydrogen (secondary N) is 3. The van der Waals surface area contributed by atoms with Crippen LogP contribution in [0.5, 0.6) is 0 Å². The Morgan fingerprint density at radius 2 is 1.92 bits per heavy atom. The summed E-state index contributed by atoms with van der Waals surface area (Å²) in [7, 11) is 0. The Morgan fingerprint density at radius 1 is 1.28 bits per heavy atom. The van der Waals surface area contributed by atoms with Crippen LogP contribution in [0.4, 0.5) is 22.0 Å². The Morgan fingerprint density at radius 3 is 2.48 bits per heavy atom. The minimum absolute atomic E-state index is 0.0572. The maximum Gasteiger partial charge on any atom is 0.419 e. The third kappa shape index (κ3) is 4.44. The highest BCUT2D eigenvalue weighted by atomic mass is 19.4. The Kier molecular flexibility index (Phi) is 5.31. The molecule has 3 atom stereocenters. The van der Waals surface area contributed by atoms with E-state index in [1.54, 1.807) is 6.92 Å². The van der Waals surface area contributed by atoms with Crippen LogP contribution in [0.3, 0.4) is 0 Å². The van der Waals surface area contributed by atoms with Gasteiger partial charge in [0.25, 0.3) is 0 Å². The molecule has 138 valence electrons. The van der Waals surface area contributed by atoms with Gasteiger partial charge in [0.05, 0.1) is 30.2 Å². The van der Waals surface area contributed by atoms with E-state index in [1.807, 2.05) is 0 Å². The van der Waals surface area contributed by atoms with Crippen LogP contribution in [-0.2, 0) is 15.8 Å². The molecule has 5 nitrogen and oxygen atoms in total. The zero-order valence-electron chi connectivity index (χ0n) is 13.3. The van der Waals surface area contributed by atoms with Gasteiger partial charge in [0, 0.05) is 5.56 Å². The van der Waals surface area contributed by atoms with Crippen LogP contribution in [0.1, 0.15) is 37.4 Å². The van der Waals surface area contributed by atoms with Crippen LogP contribution < -0.4 is 16.0 Å². The number of benzene rings is 1. The van der Waals surface area contributed by atoms with Gasteiger partial charge in [-0.25, -0.2) is 8.78 Å². The van der Waals surface area contributed by atoms with Crippen molar-refractivity contribution < 1.29 is 31.5 Å². The zero-order chi connectivity index (χ0) is 18.9. The molecular weight excluding hydrogens is 349 g/mol. The summed E-state index contributed by atoms with van der Waals surface area (Å²) in [4.78, 5) is 23.6. The fourth-order valence-electron chi connectivity index (χ4n) is 2.56. The average Bonchev–Trinajstić information content (AvgIpc) is 2.46. The van der Waals surface area contributed by atoms with E-state index in [9.17, 15) is 31.5 Å². The molecule has 2 unspecified atom stereocenters. The van der Waals surface area contributed by atoms with Crippen molar-refractivity contribution in [3.63, 3.8) is 0 Å². The summed E-state index contributed by atoms with van der Waals surface area (Å²) in [5.41, 5.74) is -2.14. The summed E-state index contributed by atoms with van der Waals surface area (Å²) < 4.78 is 65.2. The Labute approximate surface area is 140 Å². The Bertz CT molecular complexity index is 692. The Hall–Kier alpha value is -2.23. The van der Waals surface area contributed by atoms with Gasteiger partial charge in [-0.2, -0.15) is 13.2 Å². The first-order chi connectivity index (χ1) is 11.5. The molecule has 0 bridgehead atoms. The number of halogens is 5. The summed E-state index contributed by atoms with van der Waals surface area (Å²) in [6.45, 7) is 2.92. The Balaban J connectivity index is 2.15. The van der Waals surface area contributed by atoms with Crippen molar-refractivity contribution >= 4 is 11.8 Å².